The maximum Gasteiger partial charge on any atom is 0.472 e. The van der Waals surface area contributed by atoms with Gasteiger partial charge in [-0.15, -0.1) is 0 Å². The van der Waals surface area contributed by atoms with Crippen LogP contribution in [0.5, 0.6) is 0 Å². The Kier molecular flexibility index (Phi) is 103. The molecule has 5 unspecified atom stereocenters. The molecule has 16 nitrogen and oxygen atoms in total. The second kappa shape index (κ2) is 107. The summed E-state index contributed by atoms with van der Waals surface area (Å²) in [4.78, 5) is 59.4. The molecule has 0 aliphatic rings. The van der Waals surface area contributed by atoms with Crippen LogP contribution in [0.2, 0.25) is 0 Å². The molecule has 5 atom stereocenters. The number of hydrogen-bond acceptors (Lipinski definition) is 14. The Morgan fingerprint density at radius 1 is 0.207 bits per heavy atom. The van der Waals surface area contributed by atoms with E-state index in [1.807, 2.05) is 0 Å². The molecule has 0 aromatic heterocycles. The number of aliphatic hydroxyl groups is 2. The predicted octanol–water partition coefficient (Wildman–Crippen LogP) is 35.2. The first-order valence-corrected chi connectivity index (χ1v) is 57.7. The molecule has 4 N–H and O–H groups in total. The molecular formula is C117H200O16P2. The summed E-state index contributed by atoms with van der Waals surface area (Å²) in [5.74, 6) is -1.55. The Labute approximate surface area is 827 Å². The quantitative estimate of drug-likeness (QED) is 0.0146. The van der Waals surface area contributed by atoms with E-state index in [1.54, 1.807) is 0 Å². The van der Waals surface area contributed by atoms with Gasteiger partial charge in [0.05, 0.1) is 26.4 Å². The number of carbonyl (C=O) groups excluding carboxylic acids is 3. The predicted molar refractivity (Wildman–Crippen MR) is 574 cm³/mol. The minimum absolute atomic E-state index is 0.103. The molecule has 0 spiro atoms. The van der Waals surface area contributed by atoms with Crippen molar-refractivity contribution in [3.05, 3.63) is 194 Å². The molecule has 0 aromatic rings. The number of aliphatic hydroxyl groups excluding tert-OH is 2. The van der Waals surface area contributed by atoms with Crippen molar-refractivity contribution in [1.29, 1.82) is 0 Å². The van der Waals surface area contributed by atoms with Crippen LogP contribution < -0.4 is 0 Å². The van der Waals surface area contributed by atoms with Crippen LogP contribution in [0.1, 0.15) is 470 Å². The minimum atomic E-state index is -4.95. The maximum absolute atomic E-state index is 13.2. The van der Waals surface area contributed by atoms with Crippen LogP contribution in [0.25, 0.3) is 0 Å². The van der Waals surface area contributed by atoms with Crippen molar-refractivity contribution in [3.63, 3.8) is 0 Å². The van der Waals surface area contributed by atoms with E-state index in [0.29, 0.717) is 19.3 Å². The summed E-state index contributed by atoms with van der Waals surface area (Å²) < 4.78 is 61.8. The smallest absolute Gasteiger partial charge is 0.463 e. The van der Waals surface area contributed by atoms with Gasteiger partial charge in [-0.3, -0.25) is 32.5 Å². The number of rotatable bonds is 103. The Balaban J connectivity index is 4.62. The van der Waals surface area contributed by atoms with Gasteiger partial charge in [0.1, 0.15) is 25.4 Å². The van der Waals surface area contributed by atoms with Crippen LogP contribution in [-0.2, 0) is 55.8 Å². The minimum Gasteiger partial charge on any atom is -0.463 e. The number of unbranched alkanes of at least 4 members (excludes halogenated alkanes) is 48. The third-order valence-electron chi connectivity index (χ3n) is 23.3. The highest BCUT2D eigenvalue weighted by molar-refractivity contribution is 7.47. The molecule has 0 amide bonds. The third kappa shape index (κ3) is 109. The molecule has 0 bridgehead atoms. The fourth-order valence-corrected chi connectivity index (χ4v) is 16.8. The van der Waals surface area contributed by atoms with E-state index in [9.17, 15) is 43.5 Å². The summed E-state index contributed by atoms with van der Waals surface area (Å²) in [5.41, 5.74) is 0. The fourth-order valence-electron chi connectivity index (χ4n) is 15.2. The molecule has 0 rings (SSSR count). The van der Waals surface area contributed by atoms with Crippen molar-refractivity contribution < 1.29 is 75.8 Å². The molecule has 0 aliphatic carbocycles. The lowest BCUT2D eigenvalue weighted by Crippen LogP contribution is -2.30. The zero-order valence-electron chi connectivity index (χ0n) is 86.0. The van der Waals surface area contributed by atoms with Gasteiger partial charge in [0.25, 0.3) is 0 Å². The molecule has 0 radical (unpaired) electrons. The molecule has 0 saturated carbocycles. The largest absolute Gasteiger partial charge is 0.472 e. The Bertz CT molecular complexity index is 3240. The lowest BCUT2D eigenvalue weighted by molar-refractivity contribution is -0.161. The lowest BCUT2D eigenvalue weighted by Gasteiger charge is -2.21. The first-order chi connectivity index (χ1) is 66.2. The van der Waals surface area contributed by atoms with Crippen molar-refractivity contribution in [1.82, 2.24) is 0 Å². The fraction of sp³-hybridized carbons (Fsp3) is 0.701. The van der Waals surface area contributed by atoms with Gasteiger partial charge >= 0.3 is 33.6 Å². The number of phosphoric ester groups is 2. The van der Waals surface area contributed by atoms with Gasteiger partial charge in [-0.05, 0) is 161 Å². The molecule has 0 saturated heterocycles. The molecule has 0 fully saturated rings. The summed E-state index contributed by atoms with van der Waals surface area (Å²) >= 11 is 0. The zero-order chi connectivity index (χ0) is 97.8. The van der Waals surface area contributed by atoms with E-state index >= 15 is 0 Å². The highest BCUT2D eigenvalue weighted by atomic mass is 31.2. The number of esters is 3. The topological polar surface area (TPSA) is 231 Å². The number of hydrogen-bond donors (Lipinski definition) is 4. The van der Waals surface area contributed by atoms with Crippen LogP contribution in [0.4, 0.5) is 0 Å². The summed E-state index contributed by atoms with van der Waals surface area (Å²) in [6, 6.07) is 0. The monoisotopic (exact) mass is 1920 g/mol. The first kappa shape index (κ1) is 129. The van der Waals surface area contributed by atoms with E-state index in [0.717, 1.165) is 173 Å². The van der Waals surface area contributed by atoms with Gasteiger partial charge in [-0.25, -0.2) is 9.13 Å². The second-order valence-electron chi connectivity index (χ2n) is 36.3. The van der Waals surface area contributed by atoms with Crippen LogP contribution in [0.3, 0.4) is 0 Å². The average Bonchev–Trinajstić information content (AvgIpc) is 0.891. The van der Waals surface area contributed by atoms with Gasteiger partial charge in [0, 0.05) is 19.3 Å². The van der Waals surface area contributed by atoms with E-state index in [2.05, 4.69) is 215 Å². The van der Waals surface area contributed by atoms with Crippen molar-refractivity contribution in [2.45, 2.75) is 489 Å². The van der Waals surface area contributed by atoms with Gasteiger partial charge in [-0.1, -0.05) is 485 Å². The van der Waals surface area contributed by atoms with E-state index < -0.39 is 91.5 Å². The van der Waals surface area contributed by atoms with Crippen molar-refractivity contribution in [2.75, 3.05) is 39.6 Å². The van der Waals surface area contributed by atoms with Crippen molar-refractivity contribution in [2.24, 2.45) is 0 Å². The van der Waals surface area contributed by atoms with Crippen molar-refractivity contribution in [3.8, 4) is 0 Å². The molecule has 0 heterocycles. The molecule has 0 aromatic carbocycles. The molecule has 135 heavy (non-hydrogen) atoms. The number of allylic oxidation sites excluding steroid dienone is 32. The van der Waals surface area contributed by atoms with Gasteiger partial charge in [0.2, 0.25) is 0 Å². The van der Waals surface area contributed by atoms with Crippen LogP contribution in [0, 0.1) is 0 Å². The van der Waals surface area contributed by atoms with E-state index in [1.165, 1.54) is 238 Å². The molecule has 774 valence electrons. The Morgan fingerprint density at radius 2 is 0.370 bits per heavy atom. The average molecular weight is 1920 g/mol. The number of carbonyl (C=O) groups is 3. The normalized spacial score (nSPS) is 14.3. The third-order valence-corrected chi connectivity index (χ3v) is 25.2. The van der Waals surface area contributed by atoms with Gasteiger partial charge < -0.3 is 34.2 Å². The Hall–Kier alpha value is -5.61. The number of phosphoric acid groups is 2. The molecular weight excluding hydrogens is 1720 g/mol. The SMILES string of the molecule is CC/C=C\C/C=C\C/C=C\C/C=C\C/C=C\C/C=C\CCCCCCCCCCCCCCCCC(=O)OCC(O)COP(=O)(O)OCC(O)COP(=O)(O)OCC(COC(=O)CCCCCCCCCCCCCCCCCCC/C=C\C/C=C\C/C=C\C/C=C\C/C=C\CC)OC(=O)CCCCCCCCCCCCCCCCCCC/C=C\C/C=C\C/C=C\C/C=C\C/C=C\CC. The summed E-state index contributed by atoms with van der Waals surface area (Å²) in [6.07, 6.45) is 145. The maximum atomic E-state index is 13.2. The summed E-state index contributed by atoms with van der Waals surface area (Å²) in [6.45, 7) is 2.43. The zero-order valence-corrected chi connectivity index (χ0v) is 87.8. The second-order valence-corrected chi connectivity index (χ2v) is 39.2. The number of ether oxygens (including phenoxy) is 3. The Morgan fingerprint density at radius 3 is 0.585 bits per heavy atom. The van der Waals surface area contributed by atoms with Crippen LogP contribution >= 0.6 is 15.6 Å². The lowest BCUT2D eigenvalue weighted by atomic mass is 10.0. The molecule has 0 aliphatic heterocycles. The van der Waals surface area contributed by atoms with Crippen LogP contribution in [-0.4, -0.2) is 95.9 Å². The standard InChI is InChI=1S/C117H200O16P2/c1-4-7-10-13-16-19-22-25-28-31-34-37-40-43-46-49-52-55-58-61-64-67-70-73-76-79-82-85-88-91-94-97-100-103-115(120)127-106-112(118)107-129-134(123,124)130-108-113(119)109-131-135(125,126)132-111-114(133-117(122)105-102-99-96-93-90-87-84-81-78-75-72-69-66-63-60-57-54-51-48-45-42-39-36-33-30-27-24-21-18-15-12-9-6-3)110-128-116(121)104-101-98-95-92-89-86-83-80-77-74-71-68-65-62-59-56-53-50-47-44-41-38-35-32-29-26-23-20-17-14-11-8-5-2/h7-12,16-21,25-30,34-39,43-48,52,55,112-114,118-119H,4-6,13-15,22-24,31-33,40-42,49-51,53-54,56-111H2,1-3H3,(H,123,124)(H,125,126)/b10-7-,11-8-,12-9-,19-16-,20-17-,21-18-,28-25-,29-26-,30-27-,37-34-,38-35-,39-36-,46-43-,47-44-,48-45-,55-52-. The van der Waals surface area contributed by atoms with E-state index in [4.69, 9.17) is 32.3 Å². The van der Waals surface area contributed by atoms with Gasteiger partial charge in [0.15, 0.2) is 6.10 Å². The van der Waals surface area contributed by atoms with Crippen molar-refractivity contribution >= 4 is 33.6 Å². The van der Waals surface area contributed by atoms with Gasteiger partial charge in [-0.2, -0.15) is 0 Å². The highest BCUT2D eigenvalue weighted by Gasteiger charge is 2.30. The highest BCUT2D eigenvalue weighted by Crippen LogP contribution is 2.45. The summed E-state index contributed by atoms with van der Waals surface area (Å²) in [5, 5.41) is 20.8. The first-order valence-electron chi connectivity index (χ1n) is 54.7. The van der Waals surface area contributed by atoms with Crippen LogP contribution in [0.15, 0.2) is 194 Å². The summed E-state index contributed by atoms with van der Waals surface area (Å²) in [7, 11) is -9.82. The van der Waals surface area contributed by atoms with E-state index in [-0.39, 0.29) is 19.3 Å². The molecule has 18 heteroatoms.